The highest BCUT2D eigenvalue weighted by atomic mass is 16.6. The summed E-state index contributed by atoms with van der Waals surface area (Å²) in [5.74, 6) is 2.25. The molecule has 4 aromatic rings. The number of ether oxygens (including phenoxy) is 1. The largest absolute Gasteiger partial charge is 0.378 e. The SMILES string of the molecule is CN1CCN(C(=C[N+](=O)[O-])NCc2cccnc2)CC1.O=[N+]([O-])C=C(NCc1cccnc1)N1CCCC1.O=[N+]([O-])C=C(NCc1cccnc1)N1CCCCC1.O=[N+]([O-])C=C(NCc1cccnc1)N1CCOCC1. The monoisotopic (exact) mass is 1050 g/mol. The molecule has 26 nitrogen and oxygen atoms in total. The second-order valence-electron chi connectivity index (χ2n) is 17.7. The average Bonchev–Trinajstić information content (AvgIpc) is 3.99. The van der Waals surface area contributed by atoms with Gasteiger partial charge in [0.1, 0.15) is 0 Å². The van der Waals surface area contributed by atoms with E-state index in [2.05, 4.69) is 53.2 Å². The van der Waals surface area contributed by atoms with Gasteiger partial charge in [-0.25, -0.2) is 0 Å². The van der Waals surface area contributed by atoms with Crippen LogP contribution in [0.5, 0.6) is 0 Å². The maximum Gasteiger partial charge on any atom is 0.274 e. The van der Waals surface area contributed by atoms with Gasteiger partial charge in [0.25, 0.3) is 24.8 Å². The minimum atomic E-state index is -0.443. The Morgan fingerprint density at radius 2 is 0.724 bits per heavy atom. The van der Waals surface area contributed by atoms with Gasteiger partial charge in [0, 0.05) is 141 Å². The molecule has 4 saturated heterocycles. The third kappa shape index (κ3) is 23.1. The molecule has 26 heteroatoms. The van der Waals surface area contributed by atoms with Crippen LogP contribution in [0.1, 0.15) is 54.4 Å². The van der Waals surface area contributed by atoms with E-state index in [4.69, 9.17) is 4.74 Å². The highest BCUT2D eigenvalue weighted by molar-refractivity contribution is 5.13. The molecule has 4 aliphatic heterocycles. The lowest BCUT2D eigenvalue weighted by atomic mass is 10.1. The van der Waals surface area contributed by atoms with Gasteiger partial charge in [-0.2, -0.15) is 0 Å². The van der Waals surface area contributed by atoms with Gasteiger partial charge in [-0.15, -0.1) is 0 Å². The predicted octanol–water partition coefficient (Wildman–Crippen LogP) is 4.15. The number of pyridine rings is 4. The van der Waals surface area contributed by atoms with Crippen molar-refractivity contribution >= 4 is 0 Å². The van der Waals surface area contributed by atoms with Crippen molar-refractivity contribution in [3.05, 3.63) is 209 Å². The summed E-state index contributed by atoms with van der Waals surface area (Å²) in [5, 5.41) is 55.3. The fraction of sp³-hybridized carbons (Fsp3) is 0.440. The third-order valence-corrected chi connectivity index (χ3v) is 12.0. The van der Waals surface area contributed by atoms with Crippen molar-refractivity contribution in [3.8, 4) is 0 Å². The second kappa shape index (κ2) is 33.3. The molecule has 4 aliphatic rings. The molecule has 4 N–H and O–H groups in total. The Kier molecular flexibility index (Phi) is 25.6. The van der Waals surface area contributed by atoms with Gasteiger partial charge in [0.2, 0.25) is 0 Å². The number of morpholine rings is 1. The number of likely N-dealkylation sites (tertiary alicyclic amines) is 2. The highest BCUT2D eigenvalue weighted by Gasteiger charge is 2.21. The number of nitrogens with zero attached hydrogens (tertiary/aromatic N) is 13. The van der Waals surface area contributed by atoms with E-state index in [-0.39, 0.29) is 0 Å². The molecule has 76 heavy (non-hydrogen) atoms. The Hall–Kier alpha value is -8.52. The Labute approximate surface area is 441 Å². The van der Waals surface area contributed by atoms with Crippen LogP contribution in [0.25, 0.3) is 0 Å². The molecular weight excluding hydrogens is 983 g/mol. The van der Waals surface area contributed by atoms with Crippen LogP contribution >= 0.6 is 0 Å². The quantitative estimate of drug-likeness (QED) is 0.0714. The van der Waals surface area contributed by atoms with Gasteiger partial charge in [-0.05, 0) is 85.7 Å². The average molecular weight is 1050 g/mol. The molecule has 0 atom stereocenters. The predicted molar refractivity (Wildman–Crippen MR) is 282 cm³/mol. The van der Waals surface area contributed by atoms with Crippen molar-refractivity contribution in [2.75, 3.05) is 85.7 Å². The fourth-order valence-corrected chi connectivity index (χ4v) is 8.08. The zero-order valence-corrected chi connectivity index (χ0v) is 42.9. The van der Waals surface area contributed by atoms with E-state index in [0.717, 1.165) is 125 Å². The van der Waals surface area contributed by atoms with E-state index >= 15 is 0 Å². The van der Waals surface area contributed by atoms with Crippen LogP contribution in [0.3, 0.4) is 0 Å². The number of aromatic nitrogens is 4. The number of piperazine rings is 1. The smallest absolute Gasteiger partial charge is 0.274 e. The minimum absolute atomic E-state index is 0.403. The summed E-state index contributed by atoms with van der Waals surface area (Å²) in [6.07, 6.45) is 23.5. The first-order valence-electron chi connectivity index (χ1n) is 25.1. The standard InChI is InChI=1S/C13H19N5O2.C13H18N4O2.C12H16N4O3.C12H16N4O2/c1-16-5-7-17(8-6-16)13(11-18(19)20)15-10-12-3-2-4-14-9-12;18-17(19)11-13(16-7-2-1-3-8-16)15-10-12-5-4-6-14-9-12;17-16(18)10-12(15-4-6-19-7-5-15)14-9-11-2-1-3-13-8-11;17-16(18)10-12(15-6-1-2-7-15)14-9-11-4-3-5-13-8-11/h2-4,9,11,15H,5-8,10H2,1H3;4-6,9,11,15H,1-3,7-8,10H2;1-3,8,10,14H,4-7,9H2;3-5,8,10,14H,1-2,6-7,9H2. The fourth-order valence-electron chi connectivity index (χ4n) is 8.08. The zero-order valence-electron chi connectivity index (χ0n) is 42.9. The van der Waals surface area contributed by atoms with Gasteiger partial charge in [0.05, 0.1) is 32.9 Å². The molecule has 0 spiro atoms. The lowest BCUT2D eigenvalue weighted by Gasteiger charge is -2.34. The van der Waals surface area contributed by atoms with E-state index in [9.17, 15) is 40.5 Å². The highest BCUT2D eigenvalue weighted by Crippen LogP contribution is 2.15. The van der Waals surface area contributed by atoms with Gasteiger partial charge < -0.3 is 50.5 Å². The van der Waals surface area contributed by atoms with E-state index < -0.39 is 19.7 Å². The van der Waals surface area contributed by atoms with E-state index in [1.807, 2.05) is 68.1 Å². The number of nitrogens with one attached hydrogen (secondary N) is 4. The van der Waals surface area contributed by atoms with Crippen LogP contribution < -0.4 is 21.3 Å². The molecule has 408 valence electrons. The van der Waals surface area contributed by atoms with Crippen LogP contribution in [-0.2, 0) is 30.9 Å². The van der Waals surface area contributed by atoms with Crippen molar-refractivity contribution in [2.24, 2.45) is 0 Å². The summed E-state index contributed by atoms with van der Waals surface area (Å²) >= 11 is 0. The summed E-state index contributed by atoms with van der Waals surface area (Å²) in [7, 11) is 2.05. The lowest BCUT2D eigenvalue weighted by molar-refractivity contribution is -0.405. The number of hydrogen-bond acceptors (Lipinski definition) is 22. The van der Waals surface area contributed by atoms with Crippen LogP contribution in [0.4, 0.5) is 0 Å². The maximum atomic E-state index is 10.8. The molecule has 8 heterocycles. The molecule has 0 aliphatic carbocycles. The number of rotatable bonds is 20. The van der Waals surface area contributed by atoms with Crippen LogP contribution in [0, 0.1) is 40.5 Å². The molecule has 0 aromatic carbocycles. The number of hydrogen-bond donors (Lipinski definition) is 4. The molecule has 8 rings (SSSR count). The molecule has 4 aromatic heterocycles. The van der Waals surface area contributed by atoms with Crippen molar-refractivity contribution in [1.29, 1.82) is 0 Å². The summed E-state index contributed by atoms with van der Waals surface area (Å²) in [5.41, 5.74) is 3.99. The number of likely N-dealkylation sites (N-methyl/N-ethyl adjacent to an activating group) is 1. The van der Waals surface area contributed by atoms with Crippen LogP contribution in [0.15, 0.2) is 146 Å². The first kappa shape index (κ1) is 58.4. The molecule has 0 saturated carbocycles. The van der Waals surface area contributed by atoms with E-state index in [1.54, 1.807) is 49.6 Å². The van der Waals surface area contributed by atoms with Crippen LogP contribution in [0.2, 0.25) is 0 Å². The third-order valence-electron chi connectivity index (χ3n) is 12.0. The van der Waals surface area contributed by atoms with Crippen molar-refractivity contribution in [3.63, 3.8) is 0 Å². The Morgan fingerprint density at radius 1 is 0.447 bits per heavy atom. The van der Waals surface area contributed by atoms with Crippen molar-refractivity contribution in [1.82, 2.24) is 65.7 Å². The van der Waals surface area contributed by atoms with Crippen molar-refractivity contribution < 1.29 is 24.4 Å². The summed E-state index contributed by atoms with van der Waals surface area (Å²) in [4.78, 5) is 67.4. The van der Waals surface area contributed by atoms with Gasteiger partial charge >= 0.3 is 0 Å². The van der Waals surface area contributed by atoms with E-state index in [0.29, 0.717) is 75.8 Å². The zero-order chi connectivity index (χ0) is 54.2. The normalized spacial score (nSPS) is 16.3. The minimum Gasteiger partial charge on any atom is -0.378 e. The number of piperidine rings is 1. The van der Waals surface area contributed by atoms with Crippen LogP contribution in [-0.4, -0.2) is 150 Å². The molecule has 0 radical (unpaired) electrons. The van der Waals surface area contributed by atoms with Gasteiger partial charge in [0.15, 0.2) is 23.3 Å². The summed E-state index contributed by atoms with van der Waals surface area (Å²) in [6, 6.07) is 15.1. The number of nitro groups is 4. The van der Waals surface area contributed by atoms with E-state index in [1.165, 1.54) is 6.42 Å². The van der Waals surface area contributed by atoms with Gasteiger partial charge in [-0.1, -0.05) is 24.3 Å². The summed E-state index contributed by atoms with van der Waals surface area (Å²) < 4.78 is 5.24. The van der Waals surface area contributed by atoms with Gasteiger partial charge in [-0.3, -0.25) is 60.4 Å². The molecule has 0 bridgehead atoms. The Bertz CT molecular complexity index is 2380. The lowest BCUT2D eigenvalue weighted by Crippen LogP contribution is -2.46. The first-order chi connectivity index (χ1) is 36.9. The molecule has 0 unspecified atom stereocenters. The maximum absolute atomic E-state index is 10.8. The molecule has 0 amide bonds. The second-order valence-corrected chi connectivity index (χ2v) is 17.7. The Morgan fingerprint density at radius 3 is 1.00 bits per heavy atom. The summed E-state index contributed by atoms with van der Waals surface area (Å²) in [6.45, 7) is 11.5. The molecular formula is C50H69N17O9. The molecule has 4 fully saturated rings. The van der Waals surface area contributed by atoms with Crippen molar-refractivity contribution in [2.45, 2.75) is 58.3 Å². The Balaban J connectivity index is 0.000000187. The topological polar surface area (TPSA) is 298 Å². The first-order valence-corrected chi connectivity index (χ1v) is 25.1.